The Hall–Kier alpha value is -2.32. The van der Waals surface area contributed by atoms with Crippen LogP contribution in [0.3, 0.4) is 0 Å². The molecule has 0 saturated heterocycles. The van der Waals surface area contributed by atoms with Gasteiger partial charge in [0.2, 0.25) is 10.0 Å². The molecule has 2 amide bonds. The lowest BCUT2D eigenvalue weighted by Gasteiger charge is -2.12. The molecule has 7 nitrogen and oxygen atoms in total. The standard InChI is InChI=1S/C15H19N3O4S/c1-10-3-8-14(22-10)11(2)18-15(19)17-9-12-4-6-13(7-5-12)23(16,20)21/h3-8,11H,9H2,1-2H3,(H2,16,20,21)(H2,17,18,19)/t11-/m0/s1. The van der Waals surface area contributed by atoms with E-state index in [0.29, 0.717) is 5.76 Å². The van der Waals surface area contributed by atoms with Gasteiger partial charge in [0.25, 0.3) is 0 Å². The number of rotatable bonds is 5. The van der Waals surface area contributed by atoms with Crippen LogP contribution in [0.1, 0.15) is 30.0 Å². The van der Waals surface area contributed by atoms with Crippen molar-refractivity contribution in [1.82, 2.24) is 10.6 Å². The molecule has 2 rings (SSSR count). The molecule has 1 aromatic carbocycles. The van der Waals surface area contributed by atoms with Gasteiger partial charge in [-0.25, -0.2) is 18.4 Å². The van der Waals surface area contributed by atoms with Gasteiger partial charge < -0.3 is 15.1 Å². The van der Waals surface area contributed by atoms with Gasteiger partial charge in [-0.15, -0.1) is 0 Å². The normalized spacial score (nSPS) is 12.7. The van der Waals surface area contributed by atoms with Crippen molar-refractivity contribution in [2.24, 2.45) is 5.14 Å². The Morgan fingerprint density at radius 2 is 1.87 bits per heavy atom. The average molecular weight is 337 g/mol. The molecule has 0 aliphatic rings. The molecule has 0 fully saturated rings. The summed E-state index contributed by atoms with van der Waals surface area (Å²) in [5.41, 5.74) is 0.758. The molecule has 124 valence electrons. The summed E-state index contributed by atoms with van der Waals surface area (Å²) in [5, 5.41) is 10.5. The van der Waals surface area contributed by atoms with Gasteiger partial charge in [-0.05, 0) is 43.7 Å². The SMILES string of the molecule is Cc1ccc([C@H](C)NC(=O)NCc2ccc(S(N)(=O)=O)cc2)o1. The van der Waals surface area contributed by atoms with E-state index in [1.807, 2.05) is 26.0 Å². The van der Waals surface area contributed by atoms with Gasteiger partial charge >= 0.3 is 6.03 Å². The summed E-state index contributed by atoms with van der Waals surface area (Å²) in [6.45, 7) is 3.92. The van der Waals surface area contributed by atoms with Crippen LogP contribution in [0.15, 0.2) is 45.7 Å². The van der Waals surface area contributed by atoms with Gasteiger partial charge in [-0.3, -0.25) is 0 Å². The predicted octanol–water partition coefficient (Wildman–Crippen LogP) is 1.80. The highest BCUT2D eigenvalue weighted by atomic mass is 32.2. The molecule has 0 bridgehead atoms. The smallest absolute Gasteiger partial charge is 0.315 e. The van der Waals surface area contributed by atoms with E-state index in [9.17, 15) is 13.2 Å². The molecule has 0 spiro atoms. The van der Waals surface area contributed by atoms with E-state index in [-0.39, 0.29) is 23.5 Å². The number of furan rings is 1. The molecule has 0 aliphatic heterocycles. The molecule has 1 heterocycles. The van der Waals surface area contributed by atoms with Crippen molar-refractivity contribution in [2.75, 3.05) is 0 Å². The highest BCUT2D eigenvalue weighted by Gasteiger charge is 2.12. The molecule has 1 aromatic heterocycles. The molecule has 0 unspecified atom stereocenters. The van der Waals surface area contributed by atoms with Gasteiger partial charge in [0.15, 0.2) is 0 Å². The van der Waals surface area contributed by atoms with Crippen molar-refractivity contribution >= 4 is 16.1 Å². The van der Waals surface area contributed by atoms with Crippen LogP contribution in [-0.2, 0) is 16.6 Å². The molecule has 1 atom stereocenters. The van der Waals surface area contributed by atoms with E-state index in [0.717, 1.165) is 11.3 Å². The van der Waals surface area contributed by atoms with E-state index >= 15 is 0 Å². The van der Waals surface area contributed by atoms with Crippen LogP contribution in [0.2, 0.25) is 0 Å². The number of carbonyl (C=O) groups excluding carboxylic acids is 1. The lowest BCUT2D eigenvalue weighted by Crippen LogP contribution is -2.36. The van der Waals surface area contributed by atoms with Gasteiger partial charge in [0.1, 0.15) is 11.5 Å². The van der Waals surface area contributed by atoms with Crippen LogP contribution < -0.4 is 15.8 Å². The maximum atomic E-state index is 11.9. The van der Waals surface area contributed by atoms with Crippen molar-refractivity contribution in [1.29, 1.82) is 0 Å². The number of primary sulfonamides is 1. The van der Waals surface area contributed by atoms with E-state index in [4.69, 9.17) is 9.56 Å². The van der Waals surface area contributed by atoms with Crippen LogP contribution in [-0.4, -0.2) is 14.4 Å². The summed E-state index contributed by atoms with van der Waals surface area (Å²) in [7, 11) is -3.71. The van der Waals surface area contributed by atoms with Crippen molar-refractivity contribution in [2.45, 2.75) is 31.3 Å². The van der Waals surface area contributed by atoms with E-state index in [1.54, 1.807) is 12.1 Å². The van der Waals surface area contributed by atoms with Crippen molar-refractivity contribution in [3.8, 4) is 0 Å². The maximum Gasteiger partial charge on any atom is 0.315 e. The Labute approximate surface area is 134 Å². The number of carbonyl (C=O) groups is 1. The summed E-state index contributed by atoms with van der Waals surface area (Å²) in [6.07, 6.45) is 0. The lowest BCUT2D eigenvalue weighted by molar-refractivity contribution is 0.235. The summed E-state index contributed by atoms with van der Waals surface area (Å²) < 4.78 is 27.8. The number of hydrogen-bond donors (Lipinski definition) is 3. The Bertz CT molecular complexity index is 781. The fraction of sp³-hybridized carbons (Fsp3) is 0.267. The van der Waals surface area contributed by atoms with Crippen LogP contribution in [0.5, 0.6) is 0 Å². The van der Waals surface area contributed by atoms with Gasteiger partial charge in [0, 0.05) is 6.54 Å². The quantitative estimate of drug-likeness (QED) is 0.771. The number of hydrogen-bond acceptors (Lipinski definition) is 4. The molecular weight excluding hydrogens is 318 g/mol. The molecule has 0 saturated carbocycles. The van der Waals surface area contributed by atoms with Crippen LogP contribution >= 0.6 is 0 Å². The van der Waals surface area contributed by atoms with Crippen molar-refractivity contribution < 1.29 is 17.6 Å². The fourth-order valence-electron chi connectivity index (χ4n) is 1.98. The molecule has 4 N–H and O–H groups in total. The van der Waals surface area contributed by atoms with Crippen molar-refractivity contribution in [3.05, 3.63) is 53.5 Å². The highest BCUT2D eigenvalue weighted by Crippen LogP contribution is 2.15. The number of aryl methyl sites for hydroxylation is 1. The largest absolute Gasteiger partial charge is 0.464 e. The zero-order valence-electron chi connectivity index (χ0n) is 12.9. The average Bonchev–Trinajstić information content (AvgIpc) is 2.91. The molecule has 8 heteroatoms. The minimum Gasteiger partial charge on any atom is -0.464 e. The van der Waals surface area contributed by atoms with Gasteiger partial charge in [0.05, 0.1) is 10.9 Å². The predicted molar refractivity (Wildman–Crippen MR) is 85.0 cm³/mol. The number of urea groups is 1. The van der Waals surface area contributed by atoms with Crippen LogP contribution in [0, 0.1) is 6.92 Å². The van der Waals surface area contributed by atoms with Crippen molar-refractivity contribution in [3.63, 3.8) is 0 Å². The summed E-state index contributed by atoms with van der Waals surface area (Å²) in [5.74, 6) is 1.46. The first-order valence-electron chi connectivity index (χ1n) is 6.98. The fourth-order valence-corrected chi connectivity index (χ4v) is 2.50. The molecule has 0 radical (unpaired) electrons. The minimum atomic E-state index is -3.71. The number of nitrogens with two attached hydrogens (primary N) is 1. The second-order valence-corrected chi connectivity index (χ2v) is 6.75. The van der Waals surface area contributed by atoms with E-state index in [2.05, 4.69) is 10.6 Å². The molecular formula is C15H19N3O4S. The second-order valence-electron chi connectivity index (χ2n) is 5.19. The number of nitrogens with one attached hydrogen (secondary N) is 2. The zero-order valence-corrected chi connectivity index (χ0v) is 13.7. The number of amides is 2. The van der Waals surface area contributed by atoms with Crippen LogP contribution in [0.4, 0.5) is 4.79 Å². The maximum absolute atomic E-state index is 11.9. The Morgan fingerprint density at radius 1 is 1.22 bits per heavy atom. The summed E-state index contributed by atoms with van der Waals surface area (Å²) in [6, 6.07) is 9.04. The Morgan fingerprint density at radius 3 is 2.39 bits per heavy atom. The number of sulfonamides is 1. The number of benzene rings is 1. The molecule has 23 heavy (non-hydrogen) atoms. The topological polar surface area (TPSA) is 114 Å². The summed E-state index contributed by atoms with van der Waals surface area (Å²) in [4.78, 5) is 11.9. The molecule has 0 aliphatic carbocycles. The van der Waals surface area contributed by atoms with Gasteiger partial charge in [-0.2, -0.15) is 0 Å². The van der Waals surface area contributed by atoms with E-state index < -0.39 is 10.0 Å². The van der Waals surface area contributed by atoms with Crippen LogP contribution in [0.25, 0.3) is 0 Å². The summed E-state index contributed by atoms with van der Waals surface area (Å²) >= 11 is 0. The Balaban J connectivity index is 1.87. The lowest BCUT2D eigenvalue weighted by atomic mass is 10.2. The first kappa shape index (κ1) is 17.0. The van der Waals surface area contributed by atoms with E-state index in [1.165, 1.54) is 12.1 Å². The zero-order chi connectivity index (χ0) is 17.0. The second kappa shape index (κ2) is 6.84. The third-order valence-corrected chi connectivity index (χ3v) is 4.17. The third-order valence-electron chi connectivity index (χ3n) is 3.24. The molecule has 2 aromatic rings. The monoisotopic (exact) mass is 337 g/mol. The van der Waals surface area contributed by atoms with Gasteiger partial charge in [-0.1, -0.05) is 12.1 Å². The highest BCUT2D eigenvalue weighted by molar-refractivity contribution is 7.89. The third kappa shape index (κ3) is 4.83. The first-order chi connectivity index (χ1) is 10.8. The first-order valence-corrected chi connectivity index (χ1v) is 8.53. The Kier molecular flexibility index (Phi) is 5.07. The minimum absolute atomic E-state index is 0.0347.